The summed E-state index contributed by atoms with van der Waals surface area (Å²) in [6.07, 6.45) is -0.115. The van der Waals surface area contributed by atoms with Crippen LogP contribution in [-0.2, 0) is 14.6 Å². The maximum Gasteiger partial charge on any atom is 0.181 e. The summed E-state index contributed by atoms with van der Waals surface area (Å²) in [7, 11) is -3.20. The second kappa shape index (κ2) is 3.53. The molecule has 1 atom stereocenters. The Balaban J connectivity index is 2.24. The molecule has 0 radical (unpaired) electrons. The van der Waals surface area contributed by atoms with E-state index in [1.165, 1.54) is 12.1 Å². The monoisotopic (exact) mass is 232 g/mol. The third kappa shape index (κ3) is 2.26. The fraction of sp³-hybridized carbons (Fsp3) is 0.333. The molecule has 1 aliphatic rings. The van der Waals surface area contributed by atoms with E-state index in [4.69, 9.17) is 16.3 Å². The first kappa shape index (κ1) is 9.96. The number of benzene rings is 1. The van der Waals surface area contributed by atoms with Crippen LogP contribution in [-0.4, -0.2) is 26.9 Å². The van der Waals surface area contributed by atoms with Gasteiger partial charge in [0, 0.05) is 5.02 Å². The Kier molecular flexibility index (Phi) is 2.51. The smallest absolute Gasteiger partial charge is 0.181 e. The molecule has 1 saturated heterocycles. The largest absolute Gasteiger partial charge is 0.372 e. The highest BCUT2D eigenvalue weighted by Crippen LogP contribution is 2.20. The van der Waals surface area contributed by atoms with Crippen molar-refractivity contribution < 1.29 is 13.2 Å². The van der Waals surface area contributed by atoms with Crippen molar-refractivity contribution in [3.05, 3.63) is 29.3 Å². The van der Waals surface area contributed by atoms with Crippen LogP contribution >= 0.6 is 11.6 Å². The highest BCUT2D eigenvalue weighted by Gasteiger charge is 2.30. The molecule has 1 fully saturated rings. The number of rotatable bonds is 3. The van der Waals surface area contributed by atoms with Crippen molar-refractivity contribution in [3.8, 4) is 0 Å². The lowest BCUT2D eigenvalue weighted by atomic mass is 10.4. The molecule has 1 aromatic carbocycles. The molecule has 0 saturated carbocycles. The van der Waals surface area contributed by atoms with Crippen LogP contribution in [0.3, 0.4) is 0 Å². The highest BCUT2D eigenvalue weighted by atomic mass is 35.5. The van der Waals surface area contributed by atoms with Gasteiger partial charge in [-0.1, -0.05) is 11.6 Å². The van der Waals surface area contributed by atoms with E-state index in [-0.39, 0.29) is 11.9 Å². The van der Waals surface area contributed by atoms with Gasteiger partial charge in [-0.3, -0.25) is 0 Å². The topological polar surface area (TPSA) is 46.7 Å². The standard InChI is InChI=1S/C9H9ClO3S/c10-7-1-3-9(4-2-7)14(11,12)6-8-5-13-8/h1-4,8H,5-6H2. The van der Waals surface area contributed by atoms with Crippen molar-refractivity contribution in [2.75, 3.05) is 12.4 Å². The molecule has 2 rings (SSSR count). The summed E-state index contributed by atoms with van der Waals surface area (Å²) in [6, 6.07) is 6.17. The molecule has 0 bridgehead atoms. The van der Waals surface area contributed by atoms with Crippen LogP contribution in [0.1, 0.15) is 0 Å². The fourth-order valence-electron chi connectivity index (χ4n) is 1.15. The molecule has 5 heteroatoms. The van der Waals surface area contributed by atoms with Gasteiger partial charge in [0.1, 0.15) is 0 Å². The van der Waals surface area contributed by atoms with Crippen molar-refractivity contribution in [3.63, 3.8) is 0 Å². The van der Waals surface area contributed by atoms with Crippen LogP contribution in [0.2, 0.25) is 5.02 Å². The van der Waals surface area contributed by atoms with Gasteiger partial charge in [-0.25, -0.2) is 8.42 Å². The Hall–Kier alpha value is -0.580. The van der Waals surface area contributed by atoms with Crippen molar-refractivity contribution in [2.45, 2.75) is 11.0 Å². The van der Waals surface area contributed by atoms with E-state index in [2.05, 4.69) is 0 Å². The molecular weight excluding hydrogens is 224 g/mol. The maximum atomic E-state index is 11.7. The fourth-order valence-corrected chi connectivity index (χ4v) is 2.70. The molecule has 14 heavy (non-hydrogen) atoms. The van der Waals surface area contributed by atoms with Gasteiger partial charge in [-0.2, -0.15) is 0 Å². The van der Waals surface area contributed by atoms with E-state index in [9.17, 15) is 8.42 Å². The SMILES string of the molecule is O=S(=O)(CC1CO1)c1ccc(Cl)cc1. The average molecular weight is 233 g/mol. The molecule has 1 unspecified atom stereocenters. The van der Waals surface area contributed by atoms with E-state index in [0.29, 0.717) is 16.5 Å². The lowest BCUT2D eigenvalue weighted by molar-refractivity contribution is 0.422. The molecular formula is C9H9ClO3S. The Morgan fingerprint density at radius 3 is 2.43 bits per heavy atom. The van der Waals surface area contributed by atoms with Gasteiger partial charge in [0.05, 0.1) is 23.4 Å². The van der Waals surface area contributed by atoms with Crippen LogP contribution in [0.25, 0.3) is 0 Å². The number of hydrogen-bond acceptors (Lipinski definition) is 3. The number of epoxide rings is 1. The minimum atomic E-state index is -3.20. The highest BCUT2D eigenvalue weighted by molar-refractivity contribution is 7.91. The van der Waals surface area contributed by atoms with Crippen LogP contribution in [0, 0.1) is 0 Å². The lowest BCUT2D eigenvalue weighted by Gasteiger charge is -2.01. The molecule has 1 heterocycles. The number of sulfone groups is 1. The Labute approximate surface area is 87.6 Å². The predicted octanol–water partition coefficient (Wildman–Crippen LogP) is 1.51. The minimum absolute atomic E-state index is 0.0641. The van der Waals surface area contributed by atoms with E-state index in [0.717, 1.165) is 0 Å². The van der Waals surface area contributed by atoms with Crippen molar-refractivity contribution in [1.82, 2.24) is 0 Å². The Morgan fingerprint density at radius 2 is 1.93 bits per heavy atom. The van der Waals surface area contributed by atoms with E-state index >= 15 is 0 Å². The van der Waals surface area contributed by atoms with Crippen molar-refractivity contribution >= 4 is 21.4 Å². The quantitative estimate of drug-likeness (QED) is 0.743. The number of hydrogen-bond donors (Lipinski definition) is 0. The summed E-state index contributed by atoms with van der Waals surface area (Å²) in [5.41, 5.74) is 0. The normalized spacial score (nSPS) is 20.8. The van der Waals surface area contributed by atoms with Gasteiger partial charge < -0.3 is 4.74 Å². The third-order valence-electron chi connectivity index (χ3n) is 1.98. The van der Waals surface area contributed by atoms with E-state index < -0.39 is 9.84 Å². The van der Waals surface area contributed by atoms with Crippen molar-refractivity contribution in [1.29, 1.82) is 0 Å². The molecule has 76 valence electrons. The Morgan fingerprint density at radius 1 is 1.36 bits per heavy atom. The summed E-state index contributed by atoms with van der Waals surface area (Å²) in [6.45, 7) is 0.548. The van der Waals surface area contributed by atoms with Crippen LogP contribution in [0.15, 0.2) is 29.2 Å². The van der Waals surface area contributed by atoms with E-state index in [1.54, 1.807) is 12.1 Å². The van der Waals surface area contributed by atoms with Gasteiger partial charge in [-0.05, 0) is 24.3 Å². The van der Waals surface area contributed by atoms with Gasteiger partial charge in [0.2, 0.25) is 0 Å². The number of ether oxygens (including phenoxy) is 1. The first-order chi connectivity index (χ1) is 6.58. The Bertz CT molecular complexity index is 420. The van der Waals surface area contributed by atoms with Crippen LogP contribution in [0.5, 0.6) is 0 Å². The second-order valence-corrected chi connectivity index (χ2v) is 5.66. The zero-order valence-electron chi connectivity index (χ0n) is 7.31. The molecule has 1 aliphatic heterocycles. The molecule has 1 aromatic rings. The zero-order chi connectivity index (χ0) is 10.2. The lowest BCUT2D eigenvalue weighted by Crippen LogP contribution is -2.11. The zero-order valence-corrected chi connectivity index (χ0v) is 8.88. The first-order valence-corrected chi connectivity index (χ1v) is 6.21. The molecule has 0 amide bonds. The maximum absolute atomic E-state index is 11.7. The average Bonchev–Trinajstić information content (AvgIpc) is 2.88. The van der Waals surface area contributed by atoms with E-state index in [1.807, 2.05) is 0 Å². The van der Waals surface area contributed by atoms with Gasteiger partial charge in [0.15, 0.2) is 9.84 Å². The third-order valence-corrected chi connectivity index (χ3v) is 4.03. The summed E-state index contributed by atoms with van der Waals surface area (Å²) in [5.74, 6) is 0.0641. The van der Waals surface area contributed by atoms with Gasteiger partial charge >= 0.3 is 0 Å². The molecule has 0 spiro atoms. The first-order valence-electron chi connectivity index (χ1n) is 4.18. The van der Waals surface area contributed by atoms with Crippen molar-refractivity contribution in [2.24, 2.45) is 0 Å². The molecule has 0 N–H and O–H groups in total. The van der Waals surface area contributed by atoms with Gasteiger partial charge in [0.25, 0.3) is 0 Å². The van der Waals surface area contributed by atoms with Crippen LogP contribution in [0.4, 0.5) is 0 Å². The summed E-state index contributed by atoms with van der Waals surface area (Å²) in [5, 5.41) is 0.534. The molecule has 0 aliphatic carbocycles. The predicted molar refractivity (Wildman–Crippen MR) is 53.2 cm³/mol. The van der Waals surface area contributed by atoms with Gasteiger partial charge in [-0.15, -0.1) is 0 Å². The van der Waals surface area contributed by atoms with Crippen LogP contribution < -0.4 is 0 Å². The molecule has 0 aromatic heterocycles. The minimum Gasteiger partial charge on any atom is -0.372 e. The summed E-state index contributed by atoms with van der Waals surface area (Å²) in [4.78, 5) is 0.303. The summed E-state index contributed by atoms with van der Waals surface area (Å²) >= 11 is 5.66. The second-order valence-electron chi connectivity index (χ2n) is 3.19. The number of halogens is 1. The molecule has 3 nitrogen and oxygen atoms in total. The summed E-state index contributed by atoms with van der Waals surface area (Å²) < 4.78 is 28.2.